The molecule has 0 fully saturated rings. The number of nitrogens with one attached hydrogen (secondary N) is 2. The SMILES string of the molecule is CC(O)(c1ccccc1)c1cnc(-c2cccc(Oc3c(F)cc4c(c3=Cc3sc(=O)[nH]c3O)=CC=N4)c2)[nH]1. The van der Waals surface area contributed by atoms with E-state index in [1.807, 2.05) is 36.4 Å². The lowest BCUT2D eigenvalue weighted by molar-refractivity contribution is 0.0979. The second-order valence-corrected chi connectivity index (χ2v) is 10.1. The van der Waals surface area contributed by atoms with Crippen molar-refractivity contribution in [2.75, 3.05) is 0 Å². The number of aromatic hydroxyl groups is 1. The summed E-state index contributed by atoms with van der Waals surface area (Å²) in [6.07, 6.45) is 6.33. The van der Waals surface area contributed by atoms with Gasteiger partial charge in [0.15, 0.2) is 11.6 Å². The molecule has 1 unspecified atom stereocenters. The van der Waals surface area contributed by atoms with E-state index in [2.05, 4.69) is 19.9 Å². The summed E-state index contributed by atoms with van der Waals surface area (Å²) in [5.41, 5.74) is 1.01. The fourth-order valence-electron chi connectivity index (χ4n) is 4.39. The summed E-state index contributed by atoms with van der Waals surface area (Å²) in [6, 6.07) is 17.5. The number of fused-ring (bicyclic) bond motifs is 1. The highest BCUT2D eigenvalue weighted by atomic mass is 32.1. The van der Waals surface area contributed by atoms with Gasteiger partial charge in [0.05, 0.1) is 22.5 Å². The molecule has 1 aliphatic heterocycles. The Morgan fingerprint density at radius 3 is 2.69 bits per heavy atom. The number of rotatable bonds is 6. The van der Waals surface area contributed by atoms with Crippen molar-refractivity contribution in [3.05, 3.63) is 109 Å². The maximum Gasteiger partial charge on any atom is 0.307 e. The highest BCUT2D eigenvalue weighted by Crippen LogP contribution is 2.31. The number of imidazole rings is 1. The number of aromatic nitrogens is 3. The number of aliphatic hydroxyl groups is 1. The number of benzene rings is 3. The molecule has 8 nitrogen and oxygen atoms in total. The highest BCUT2D eigenvalue weighted by Gasteiger charge is 2.28. The fourth-order valence-corrected chi connectivity index (χ4v) is 5.06. The first-order valence-electron chi connectivity index (χ1n) is 11.9. The van der Waals surface area contributed by atoms with Gasteiger partial charge in [-0.05, 0) is 36.8 Å². The van der Waals surface area contributed by atoms with E-state index in [0.717, 1.165) is 11.3 Å². The molecule has 39 heavy (non-hydrogen) atoms. The first-order valence-corrected chi connectivity index (χ1v) is 12.7. The van der Waals surface area contributed by atoms with Gasteiger partial charge in [-0.2, -0.15) is 0 Å². The average Bonchev–Trinajstić information content (AvgIpc) is 3.67. The first-order chi connectivity index (χ1) is 18.8. The molecule has 0 saturated carbocycles. The van der Waals surface area contributed by atoms with Crippen molar-refractivity contribution < 1.29 is 19.3 Å². The molecule has 0 saturated heterocycles. The van der Waals surface area contributed by atoms with Crippen LogP contribution in [0, 0.1) is 5.82 Å². The Morgan fingerprint density at radius 1 is 1.10 bits per heavy atom. The van der Waals surface area contributed by atoms with Crippen LogP contribution in [-0.4, -0.2) is 31.4 Å². The third kappa shape index (κ3) is 4.56. The summed E-state index contributed by atoms with van der Waals surface area (Å²) in [5, 5.41) is 22.2. The Kier molecular flexibility index (Phi) is 5.97. The number of aliphatic imine (C=N–C) groups is 1. The van der Waals surface area contributed by atoms with Gasteiger partial charge in [-0.1, -0.05) is 53.8 Å². The molecular formula is C29H21FN4O4S. The van der Waals surface area contributed by atoms with Crippen LogP contribution < -0.4 is 20.0 Å². The number of H-pyrrole nitrogens is 2. The zero-order valence-corrected chi connectivity index (χ0v) is 21.3. The topological polar surface area (TPSA) is 124 Å². The summed E-state index contributed by atoms with van der Waals surface area (Å²) in [5.74, 6) is -0.217. The second kappa shape index (κ2) is 9.50. The zero-order chi connectivity index (χ0) is 27.1. The van der Waals surface area contributed by atoms with E-state index in [4.69, 9.17) is 4.74 Å². The van der Waals surface area contributed by atoms with Crippen LogP contribution in [0.25, 0.3) is 23.5 Å². The molecule has 0 spiro atoms. The molecule has 3 heterocycles. The summed E-state index contributed by atoms with van der Waals surface area (Å²) in [6.45, 7) is 1.69. The number of hydrogen-bond donors (Lipinski definition) is 4. The Hall–Kier alpha value is -4.80. The van der Waals surface area contributed by atoms with Crippen LogP contribution in [0.15, 0.2) is 76.6 Å². The van der Waals surface area contributed by atoms with Crippen LogP contribution in [0.1, 0.15) is 23.1 Å². The Balaban J connectivity index is 1.39. The number of hydrogen-bond acceptors (Lipinski definition) is 7. The molecule has 3 aromatic carbocycles. The summed E-state index contributed by atoms with van der Waals surface area (Å²) in [7, 11) is 0. The molecule has 1 aliphatic rings. The van der Waals surface area contributed by atoms with E-state index in [1.165, 1.54) is 12.1 Å². The predicted octanol–water partition coefficient (Wildman–Crippen LogP) is 4.04. The van der Waals surface area contributed by atoms with Gasteiger partial charge in [-0.25, -0.2) is 9.37 Å². The van der Waals surface area contributed by atoms with Crippen molar-refractivity contribution >= 4 is 35.4 Å². The number of nitrogens with zero attached hydrogens (tertiary/aromatic N) is 2. The van der Waals surface area contributed by atoms with Gasteiger partial charge in [0.1, 0.15) is 17.2 Å². The smallest absolute Gasteiger partial charge is 0.307 e. The Morgan fingerprint density at radius 2 is 1.92 bits per heavy atom. The van der Waals surface area contributed by atoms with E-state index in [9.17, 15) is 15.0 Å². The third-order valence-electron chi connectivity index (χ3n) is 6.44. The van der Waals surface area contributed by atoms with Crippen LogP contribution in [0.4, 0.5) is 10.1 Å². The minimum atomic E-state index is -1.29. The fraction of sp³-hybridized carbons (Fsp3) is 0.0690. The number of aromatic amines is 2. The van der Waals surface area contributed by atoms with E-state index in [1.54, 1.807) is 43.6 Å². The molecule has 5 aromatic rings. The quantitative estimate of drug-likeness (QED) is 0.259. The molecule has 0 radical (unpaired) electrons. The van der Waals surface area contributed by atoms with Crippen LogP contribution in [0.2, 0.25) is 0 Å². The van der Waals surface area contributed by atoms with Gasteiger partial charge in [0.25, 0.3) is 0 Å². The Labute approximate surface area is 224 Å². The first kappa shape index (κ1) is 24.5. The molecule has 2 aromatic heterocycles. The summed E-state index contributed by atoms with van der Waals surface area (Å²) < 4.78 is 21.4. The lowest BCUT2D eigenvalue weighted by Gasteiger charge is -2.22. The monoisotopic (exact) mass is 540 g/mol. The molecule has 0 amide bonds. The van der Waals surface area contributed by atoms with Gasteiger partial charge < -0.3 is 19.9 Å². The van der Waals surface area contributed by atoms with Gasteiger partial charge in [-0.15, -0.1) is 0 Å². The van der Waals surface area contributed by atoms with Gasteiger partial charge in [0, 0.05) is 28.3 Å². The minimum Gasteiger partial charge on any atom is -0.493 e. The van der Waals surface area contributed by atoms with Crippen molar-refractivity contribution in [3.8, 4) is 28.8 Å². The number of thiazole rings is 1. The van der Waals surface area contributed by atoms with Crippen LogP contribution in [0.5, 0.6) is 17.4 Å². The van der Waals surface area contributed by atoms with Crippen molar-refractivity contribution in [2.24, 2.45) is 4.99 Å². The van der Waals surface area contributed by atoms with Gasteiger partial charge >= 0.3 is 4.87 Å². The molecule has 1 atom stereocenters. The molecule has 4 N–H and O–H groups in total. The molecule has 0 bridgehead atoms. The largest absolute Gasteiger partial charge is 0.493 e. The van der Waals surface area contributed by atoms with E-state index < -0.39 is 16.3 Å². The molecular weight excluding hydrogens is 519 g/mol. The van der Waals surface area contributed by atoms with E-state index in [0.29, 0.717) is 44.5 Å². The number of halogens is 1. The zero-order valence-electron chi connectivity index (χ0n) is 20.5. The minimum absolute atomic E-state index is 0.0833. The summed E-state index contributed by atoms with van der Waals surface area (Å²) in [4.78, 5) is 25.6. The van der Waals surface area contributed by atoms with Crippen molar-refractivity contribution in [3.63, 3.8) is 0 Å². The van der Waals surface area contributed by atoms with Crippen molar-refractivity contribution in [1.29, 1.82) is 0 Å². The molecule has 194 valence electrons. The normalized spacial score (nSPS) is 14.2. The van der Waals surface area contributed by atoms with Crippen LogP contribution in [-0.2, 0) is 5.60 Å². The maximum absolute atomic E-state index is 15.3. The van der Waals surface area contributed by atoms with Crippen molar-refractivity contribution in [2.45, 2.75) is 12.5 Å². The van der Waals surface area contributed by atoms with Gasteiger partial charge in [-0.3, -0.25) is 14.8 Å². The standard InChI is InChI=1S/C29H21FN4O4S/c1-29(37,17-7-3-2-4-8-17)24-15-32-26(33-24)16-6-5-9-18(12-16)38-25-20(13-23-27(35)34-28(36)39-23)19-10-11-31-22(19)14-21(25)30/h2-15,35,37H,1H3,(H,32,33)(H,34,36). The van der Waals surface area contributed by atoms with Crippen LogP contribution >= 0.6 is 11.3 Å². The average molecular weight is 541 g/mol. The van der Waals surface area contributed by atoms with E-state index >= 15 is 4.39 Å². The highest BCUT2D eigenvalue weighted by molar-refractivity contribution is 7.10. The maximum atomic E-state index is 15.3. The lowest BCUT2D eigenvalue weighted by Crippen LogP contribution is -2.26. The van der Waals surface area contributed by atoms with Crippen molar-refractivity contribution in [1.82, 2.24) is 15.0 Å². The van der Waals surface area contributed by atoms with Gasteiger partial charge in [0.2, 0.25) is 5.88 Å². The Bertz CT molecular complexity index is 1920. The lowest BCUT2D eigenvalue weighted by atomic mass is 9.93. The summed E-state index contributed by atoms with van der Waals surface area (Å²) >= 11 is 0.796. The molecule has 6 rings (SSSR count). The second-order valence-electron chi connectivity index (χ2n) is 9.06. The predicted molar refractivity (Wildman–Crippen MR) is 148 cm³/mol. The van der Waals surface area contributed by atoms with Crippen LogP contribution in [0.3, 0.4) is 0 Å². The van der Waals surface area contributed by atoms with E-state index in [-0.39, 0.29) is 16.5 Å². The number of ether oxygens (including phenoxy) is 1. The molecule has 0 aliphatic carbocycles. The molecule has 10 heteroatoms. The third-order valence-corrected chi connectivity index (χ3v) is 7.26.